The summed E-state index contributed by atoms with van der Waals surface area (Å²) in [7, 11) is -3.96. The molecule has 1 unspecified atom stereocenters. The number of aliphatic imine (C=N–C) groups is 1. The van der Waals surface area contributed by atoms with Crippen LogP contribution in [0.15, 0.2) is 28.1 Å². The van der Waals surface area contributed by atoms with Gasteiger partial charge in [0.05, 0.1) is 5.69 Å². The second kappa shape index (κ2) is 4.50. The summed E-state index contributed by atoms with van der Waals surface area (Å²) in [4.78, 5) is 14.1. The number of rotatable bonds is 2. The van der Waals surface area contributed by atoms with E-state index < -0.39 is 27.9 Å². The van der Waals surface area contributed by atoms with Crippen molar-refractivity contribution in [1.82, 2.24) is 4.72 Å². The molecule has 102 valence electrons. The molecule has 0 amide bonds. The lowest BCUT2D eigenvalue weighted by Gasteiger charge is -2.21. The zero-order chi connectivity index (χ0) is 14.2. The molecule has 0 aromatic heterocycles. The van der Waals surface area contributed by atoms with E-state index in [-0.39, 0.29) is 16.5 Å². The summed E-state index contributed by atoms with van der Waals surface area (Å²) in [5.74, 6) is -2.10. The second-order valence-electron chi connectivity index (χ2n) is 3.86. The molecule has 0 aliphatic carbocycles. The first-order chi connectivity index (χ1) is 8.79. The number of halogens is 1. The summed E-state index contributed by atoms with van der Waals surface area (Å²) in [6.07, 6.45) is 0. The van der Waals surface area contributed by atoms with Crippen molar-refractivity contribution in [1.29, 1.82) is 0 Å². The lowest BCUT2D eigenvalue weighted by molar-refractivity contribution is -0.137. The lowest BCUT2D eigenvalue weighted by Crippen LogP contribution is -2.41. The molecule has 7 nitrogen and oxygen atoms in total. The van der Waals surface area contributed by atoms with Crippen molar-refractivity contribution in [3.05, 3.63) is 24.0 Å². The van der Waals surface area contributed by atoms with Crippen molar-refractivity contribution >= 4 is 27.6 Å². The van der Waals surface area contributed by atoms with Crippen molar-refractivity contribution < 1.29 is 22.7 Å². The molecule has 1 aliphatic heterocycles. The van der Waals surface area contributed by atoms with E-state index in [4.69, 9.17) is 5.11 Å². The number of guanidine groups is 1. The van der Waals surface area contributed by atoms with Gasteiger partial charge in [0.15, 0.2) is 0 Å². The predicted molar refractivity (Wildman–Crippen MR) is 64.9 cm³/mol. The summed E-state index contributed by atoms with van der Waals surface area (Å²) in [6, 6.07) is 2.07. The second-order valence-corrected chi connectivity index (χ2v) is 5.51. The SMILES string of the molecule is CC(N=C1Nc2ccc(F)cc2S(=O)(=O)N1)C(=O)O. The maximum absolute atomic E-state index is 13.0. The molecule has 0 saturated carbocycles. The molecule has 1 heterocycles. The Kier molecular flexibility index (Phi) is 3.14. The van der Waals surface area contributed by atoms with Crippen LogP contribution in [0.4, 0.5) is 10.1 Å². The first-order valence-electron chi connectivity index (χ1n) is 5.19. The number of anilines is 1. The fourth-order valence-electron chi connectivity index (χ4n) is 1.46. The monoisotopic (exact) mass is 287 g/mol. The number of nitrogens with one attached hydrogen (secondary N) is 2. The maximum Gasteiger partial charge on any atom is 0.328 e. The zero-order valence-corrected chi connectivity index (χ0v) is 10.5. The minimum atomic E-state index is -3.96. The minimum absolute atomic E-state index is 0.136. The standard InChI is InChI=1S/C10H10FN3O4S/c1-5(9(15)16)12-10-13-7-3-2-6(11)4-8(7)19(17,18)14-10/h2-5H,1H3,(H,15,16)(H2,12,13,14). The topological polar surface area (TPSA) is 108 Å². The molecule has 1 aromatic rings. The Morgan fingerprint density at radius 2 is 2.16 bits per heavy atom. The average Bonchev–Trinajstić information content (AvgIpc) is 2.29. The Bertz CT molecular complexity index is 671. The summed E-state index contributed by atoms with van der Waals surface area (Å²) < 4.78 is 38.7. The Hall–Kier alpha value is -2.16. The number of carbonyl (C=O) groups is 1. The number of nitrogens with zero attached hydrogens (tertiary/aromatic N) is 1. The average molecular weight is 287 g/mol. The van der Waals surface area contributed by atoms with E-state index in [0.717, 1.165) is 12.1 Å². The normalized spacial score (nSPS) is 20.0. The molecule has 1 aromatic carbocycles. The quantitative estimate of drug-likeness (QED) is 0.728. The van der Waals surface area contributed by atoms with Crippen LogP contribution in [-0.4, -0.2) is 31.5 Å². The maximum atomic E-state index is 13.0. The lowest BCUT2D eigenvalue weighted by atomic mass is 10.3. The third-order valence-corrected chi connectivity index (χ3v) is 3.78. The van der Waals surface area contributed by atoms with Crippen LogP contribution in [0.25, 0.3) is 0 Å². The molecule has 1 atom stereocenters. The highest BCUT2D eigenvalue weighted by molar-refractivity contribution is 7.90. The summed E-state index contributed by atoms with van der Waals surface area (Å²) in [5.41, 5.74) is 0.136. The smallest absolute Gasteiger partial charge is 0.328 e. The van der Waals surface area contributed by atoms with Crippen LogP contribution in [0.3, 0.4) is 0 Å². The Balaban J connectivity index is 2.44. The van der Waals surface area contributed by atoms with Gasteiger partial charge in [-0.05, 0) is 25.1 Å². The molecular weight excluding hydrogens is 277 g/mol. The zero-order valence-electron chi connectivity index (χ0n) is 9.71. The molecular formula is C10H10FN3O4S. The number of hydrogen-bond acceptors (Lipinski definition) is 4. The van der Waals surface area contributed by atoms with Gasteiger partial charge >= 0.3 is 5.97 Å². The fourth-order valence-corrected chi connectivity index (χ4v) is 2.61. The van der Waals surface area contributed by atoms with E-state index in [2.05, 4.69) is 10.3 Å². The highest BCUT2D eigenvalue weighted by Gasteiger charge is 2.27. The number of carboxylic acids is 1. The van der Waals surface area contributed by atoms with Crippen molar-refractivity contribution in [3.8, 4) is 0 Å². The molecule has 0 fully saturated rings. The number of fused-ring (bicyclic) bond motifs is 1. The largest absolute Gasteiger partial charge is 0.480 e. The Morgan fingerprint density at radius 3 is 2.79 bits per heavy atom. The predicted octanol–water partition coefficient (Wildman–Crippen LogP) is 0.359. The van der Waals surface area contributed by atoms with E-state index in [0.29, 0.717) is 0 Å². The van der Waals surface area contributed by atoms with Crippen LogP contribution in [0.5, 0.6) is 0 Å². The third kappa shape index (κ3) is 2.65. The van der Waals surface area contributed by atoms with Crippen molar-refractivity contribution in [2.75, 3.05) is 5.32 Å². The number of sulfonamides is 1. The number of benzene rings is 1. The van der Waals surface area contributed by atoms with Crippen LogP contribution in [0, 0.1) is 5.82 Å². The molecule has 1 aliphatic rings. The molecule has 0 bridgehead atoms. The van der Waals surface area contributed by atoms with Gasteiger partial charge in [-0.1, -0.05) is 0 Å². The van der Waals surface area contributed by atoms with Crippen molar-refractivity contribution in [3.63, 3.8) is 0 Å². The molecule has 3 N–H and O–H groups in total. The van der Waals surface area contributed by atoms with Gasteiger partial charge in [-0.25, -0.2) is 27.3 Å². The highest BCUT2D eigenvalue weighted by Crippen LogP contribution is 2.25. The Labute approximate surface area is 108 Å². The molecule has 19 heavy (non-hydrogen) atoms. The van der Waals surface area contributed by atoms with Gasteiger partial charge in [-0.15, -0.1) is 0 Å². The van der Waals surface area contributed by atoms with Gasteiger partial charge in [0.25, 0.3) is 10.0 Å². The van der Waals surface area contributed by atoms with Crippen LogP contribution >= 0.6 is 0 Å². The van der Waals surface area contributed by atoms with E-state index in [1.54, 1.807) is 0 Å². The van der Waals surface area contributed by atoms with Crippen molar-refractivity contribution in [2.45, 2.75) is 17.9 Å². The van der Waals surface area contributed by atoms with Gasteiger partial charge in [0, 0.05) is 0 Å². The summed E-state index contributed by atoms with van der Waals surface area (Å²) in [5, 5.41) is 11.3. The van der Waals surface area contributed by atoms with Crippen LogP contribution in [-0.2, 0) is 14.8 Å². The van der Waals surface area contributed by atoms with Crippen LogP contribution in [0.1, 0.15) is 6.92 Å². The van der Waals surface area contributed by atoms with Crippen LogP contribution < -0.4 is 10.0 Å². The van der Waals surface area contributed by atoms with E-state index in [9.17, 15) is 17.6 Å². The van der Waals surface area contributed by atoms with E-state index in [1.807, 2.05) is 4.72 Å². The number of hydrogen-bond donors (Lipinski definition) is 3. The first-order valence-corrected chi connectivity index (χ1v) is 6.68. The minimum Gasteiger partial charge on any atom is -0.480 e. The van der Waals surface area contributed by atoms with Gasteiger partial charge in [-0.3, -0.25) is 0 Å². The summed E-state index contributed by atoms with van der Waals surface area (Å²) >= 11 is 0. The van der Waals surface area contributed by atoms with Gasteiger partial charge in [-0.2, -0.15) is 0 Å². The molecule has 2 rings (SSSR count). The van der Waals surface area contributed by atoms with E-state index >= 15 is 0 Å². The Morgan fingerprint density at radius 1 is 1.47 bits per heavy atom. The number of carboxylic acid groups (broad SMARTS) is 1. The van der Waals surface area contributed by atoms with Crippen molar-refractivity contribution in [2.24, 2.45) is 4.99 Å². The third-order valence-electron chi connectivity index (χ3n) is 2.40. The molecule has 0 spiro atoms. The van der Waals surface area contributed by atoms with Crippen LogP contribution in [0.2, 0.25) is 0 Å². The number of aliphatic carboxylic acids is 1. The molecule has 0 radical (unpaired) electrons. The first kappa shape index (κ1) is 13.3. The van der Waals surface area contributed by atoms with Gasteiger partial charge in [0.1, 0.15) is 16.8 Å². The fraction of sp³-hybridized carbons (Fsp3) is 0.200. The van der Waals surface area contributed by atoms with Gasteiger partial charge < -0.3 is 10.4 Å². The van der Waals surface area contributed by atoms with Gasteiger partial charge in [0.2, 0.25) is 5.96 Å². The molecule has 0 saturated heterocycles. The summed E-state index contributed by atoms with van der Waals surface area (Å²) in [6.45, 7) is 1.30. The highest BCUT2D eigenvalue weighted by atomic mass is 32.2. The molecule has 9 heteroatoms. The van der Waals surface area contributed by atoms with E-state index in [1.165, 1.54) is 13.0 Å².